The van der Waals surface area contributed by atoms with Crippen LogP contribution in [0.15, 0.2) is 96.3 Å². The number of benzene rings is 1. The Morgan fingerprint density at radius 2 is 1.73 bits per heavy atom. The molecule has 144 valence electrons. The van der Waals surface area contributed by atoms with Crippen LogP contribution in [0.2, 0.25) is 0 Å². The van der Waals surface area contributed by atoms with Gasteiger partial charge in [-0.05, 0) is 48.0 Å². The predicted molar refractivity (Wildman–Crippen MR) is 115 cm³/mol. The van der Waals surface area contributed by atoms with Gasteiger partial charge < -0.3 is 0 Å². The van der Waals surface area contributed by atoms with Crippen molar-refractivity contribution >= 4 is 11.2 Å². The number of rotatable bonds is 4. The summed E-state index contributed by atoms with van der Waals surface area (Å²) >= 11 is 0. The highest BCUT2D eigenvalue weighted by Crippen LogP contribution is 2.21. The lowest BCUT2D eigenvalue weighted by Gasteiger charge is -2.12. The van der Waals surface area contributed by atoms with Gasteiger partial charge in [-0.15, -0.1) is 0 Å². The van der Waals surface area contributed by atoms with Crippen LogP contribution in [0.5, 0.6) is 0 Å². The third kappa shape index (κ3) is 3.35. The van der Waals surface area contributed by atoms with E-state index in [9.17, 15) is 4.79 Å². The molecule has 4 aromatic heterocycles. The number of hydrogen-bond donors (Lipinski definition) is 0. The average Bonchev–Trinajstić information content (AvgIpc) is 2.81. The van der Waals surface area contributed by atoms with Crippen molar-refractivity contribution in [1.82, 2.24) is 24.5 Å². The van der Waals surface area contributed by atoms with Crippen LogP contribution >= 0.6 is 0 Å². The molecule has 6 nitrogen and oxygen atoms in total. The molecule has 6 heteroatoms. The van der Waals surface area contributed by atoms with Crippen LogP contribution in [0.1, 0.15) is 11.3 Å². The minimum absolute atomic E-state index is 0.191. The quantitative estimate of drug-likeness (QED) is 0.466. The summed E-state index contributed by atoms with van der Waals surface area (Å²) in [5.74, 6) is 0. The third-order valence-electron chi connectivity index (χ3n) is 4.84. The topological polar surface area (TPSA) is 73.6 Å². The molecule has 0 aliphatic heterocycles. The van der Waals surface area contributed by atoms with E-state index in [0.717, 1.165) is 22.5 Å². The second-order valence-electron chi connectivity index (χ2n) is 6.85. The Bertz CT molecular complexity index is 1380. The zero-order chi connectivity index (χ0) is 20.3. The van der Waals surface area contributed by atoms with Crippen LogP contribution in [0, 0.1) is 0 Å². The predicted octanol–water partition coefficient (Wildman–Crippen LogP) is 3.83. The molecule has 0 atom stereocenters. The van der Waals surface area contributed by atoms with Crippen molar-refractivity contribution in [3.8, 4) is 16.9 Å². The van der Waals surface area contributed by atoms with E-state index in [0.29, 0.717) is 23.3 Å². The lowest BCUT2D eigenvalue weighted by molar-refractivity contribution is 0.925. The number of nitrogens with zero attached hydrogens (tertiary/aromatic N) is 5. The van der Waals surface area contributed by atoms with Gasteiger partial charge in [-0.3, -0.25) is 19.3 Å². The average molecular weight is 391 g/mol. The fraction of sp³-hybridized carbons (Fsp3) is 0.0417. The molecular weight excluding hydrogens is 374 g/mol. The summed E-state index contributed by atoms with van der Waals surface area (Å²) in [6.45, 7) is 0. The van der Waals surface area contributed by atoms with Crippen molar-refractivity contribution in [3.63, 3.8) is 0 Å². The fourth-order valence-corrected chi connectivity index (χ4v) is 3.46. The zero-order valence-corrected chi connectivity index (χ0v) is 16.0. The Hall–Kier alpha value is -4.19. The molecule has 4 heterocycles. The van der Waals surface area contributed by atoms with E-state index in [-0.39, 0.29) is 5.56 Å². The van der Waals surface area contributed by atoms with E-state index in [2.05, 4.69) is 19.9 Å². The van der Waals surface area contributed by atoms with Gasteiger partial charge in [0.1, 0.15) is 11.2 Å². The summed E-state index contributed by atoms with van der Waals surface area (Å²) in [4.78, 5) is 31.1. The lowest BCUT2D eigenvalue weighted by atomic mass is 10.1. The molecule has 0 saturated carbocycles. The van der Waals surface area contributed by atoms with Crippen molar-refractivity contribution < 1.29 is 0 Å². The normalized spacial score (nSPS) is 10.9. The maximum absolute atomic E-state index is 13.5. The highest BCUT2D eigenvalue weighted by atomic mass is 16.1. The number of pyridine rings is 3. The molecule has 0 aliphatic carbocycles. The molecule has 0 bridgehead atoms. The number of aromatic nitrogens is 5. The lowest BCUT2D eigenvalue weighted by Crippen LogP contribution is -2.25. The smallest absolute Gasteiger partial charge is 0.267 e. The molecule has 0 radical (unpaired) electrons. The SMILES string of the molecule is O=c1c(Cc2cccnc2)nc2cccnc2n1-c1cccc(-c2ccccn2)c1. The second kappa shape index (κ2) is 7.67. The number of fused-ring (bicyclic) bond motifs is 1. The van der Waals surface area contributed by atoms with Crippen molar-refractivity contribution in [2.75, 3.05) is 0 Å². The van der Waals surface area contributed by atoms with Crippen molar-refractivity contribution in [2.45, 2.75) is 6.42 Å². The molecule has 5 rings (SSSR count). The third-order valence-corrected chi connectivity index (χ3v) is 4.84. The molecule has 0 fully saturated rings. The Labute approximate surface area is 172 Å². The van der Waals surface area contributed by atoms with Crippen molar-refractivity contribution in [3.05, 3.63) is 113 Å². The van der Waals surface area contributed by atoms with E-state index in [1.54, 1.807) is 29.4 Å². The maximum Gasteiger partial charge on any atom is 0.278 e. The van der Waals surface area contributed by atoms with Gasteiger partial charge in [-0.2, -0.15) is 0 Å². The van der Waals surface area contributed by atoms with Crippen molar-refractivity contribution in [1.29, 1.82) is 0 Å². The molecule has 0 aliphatic rings. The summed E-state index contributed by atoms with van der Waals surface area (Å²) in [7, 11) is 0. The standard InChI is InChI=1S/C24H17N5O/c30-24-22(14-17-6-4-11-25-16-17)28-21-10-5-13-27-23(21)29(24)19-8-3-7-18(15-19)20-9-1-2-12-26-20/h1-13,15-16H,14H2. The molecule has 30 heavy (non-hydrogen) atoms. The Morgan fingerprint density at radius 3 is 2.57 bits per heavy atom. The molecule has 1 aromatic carbocycles. The minimum Gasteiger partial charge on any atom is -0.267 e. The van der Waals surface area contributed by atoms with Crippen LogP contribution in [0.4, 0.5) is 0 Å². The zero-order valence-electron chi connectivity index (χ0n) is 16.0. The van der Waals surface area contributed by atoms with Crippen LogP contribution < -0.4 is 5.56 Å². The number of hydrogen-bond acceptors (Lipinski definition) is 5. The van der Waals surface area contributed by atoms with Gasteiger partial charge in [0.05, 0.1) is 11.4 Å². The molecule has 0 amide bonds. The summed E-state index contributed by atoms with van der Waals surface area (Å²) in [5.41, 5.74) is 4.87. The van der Waals surface area contributed by atoms with E-state index in [4.69, 9.17) is 0 Å². The molecule has 0 spiro atoms. The highest BCUT2D eigenvalue weighted by Gasteiger charge is 2.14. The molecule has 0 unspecified atom stereocenters. The van der Waals surface area contributed by atoms with E-state index >= 15 is 0 Å². The van der Waals surface area contributed by atoms with Crippen molar-refractivity contribution in [2.24, 2.45) is 0 Å². The fourth-order valence-electron chi connectivity index (χ4n) is 3.46. The summed E-state index contributed by atoms with van der Waals surface area (Å²) < 4.78 is 1.63. The largest absolute Gasteiger partial charge is 0.278 e. The summed E-state index contributed by atoms with van der Waals surface area (Å²) in [6.07, 6.45) is 7.29. The van der Waals surface area contributed by atoms with Crippen LogP contribution in [0.25, 0.3) is 28.1 Å². The highest BCUT2D eigenvalue weighted by molar-refractivity contribution is 5.73. The van der Waals surface area contributed by atoms with E-state index in [1.807, 2.05) is 66.7 Å². The summed E-state index contributed by atoms with van der Waals surface area (Å²) in [6, 6.07) is 21.0. The second-order valence-corrected chi connectivity index (χ2v) is 6.85. The molecule has 0 saturated heterocycles. The van der Waals surface area contributed by atoms with Crippen LogP contribution in [-0.4, -0.2) is 24.5 Å². The minimum atomic E-state index is -0.191. The molecule has 5 aromatic rings. The van der Waals surface area contributed by atoms with Gasteiger partial charge in [-0.1, -0.05) is 24.3 Å². The first-order valence-corrected chi connectivity index (χ1v) is 9.57. The van der Waals surface area contributed by atoms with Gasteiger partial charge >= 0.3 is 0 Å². The van der Waals surface area contributed by atoms with Gasteiger partial charge in [-0.25, -0.2) is 9.97 Å². The van der Waals surface area contributed by atoms with Gasteiger partial charge in [0, 0.05) is 36.8 Å². The monoisotopic (exact) mass is 391 g/mol. The van der Waals surface area contributed by atoms with Gasteiger partial charge in [0.25, 0.3) is 5.56 Å². The van der Waals surface area contributed by atoms with Gasteiger partial charge in [0.2, 0.25) is 0 Å². The maximum atomic E-state index is 13.5. The van der Waals surface area contributed by atoms with E-state index < -0.39 is 0 Å². The van der Waals surface area contributed by atoms with Crippen LogP contribution in [-0.2, 0) is 6.42 Å². The van der Waals surface area contributed by atoms with Gasteiger partial charge in [0.15, 0.2) is 5.65 Å². The summed E-state index contributed by atoms with van der Waals surface area (Å²) in [5, 5.41) is 0. The molecular formula is C24H17N5O. The first-order chi connectivity index (χ1) is 14.8. The van der Waals surface area contributed by atoms with E-state index in [1.165, 1.54) is 0 Å². The van der Waals surface area contributed by atoms with Crippen LogP contribution in [0.3, 0.4) is 0 Å². The first kappa shape index (κ1) is 17.9. The Kier molecular flexibility index (Phi) is 4.57. The Morgan fingerprint density at radius 1 is 0.833 bits per heavy atom. The molecule has 0 N–H and O–H groups in total. The Balaban J connectivity index is 1.71. The first-order valence-electron chi connectivity index (χ1n) is 9.57.